The third-order valence-electron chi connectivity index (χ3n) is 5.84. The fourth-order valence-electron chi connectivity index (χ4n) is 3.90. The first-order valence-electron chi connectivity index (χ1n) is 12.3. The summed E-state index contributed by atoms with van der Waals surface area (Å²) in [5, 5.41) is 11.3. The Morgan fingerprint density at radius 2 is 1.71 bits per heavy atom. The highest BCUT2D eigenvalue weighted by atomic mass is 35.5. The van der Waals surface area contributed by atoms with E-state index in [1.807, 2.05) is 30.3 Å². The molecule has 38 heavy (non-hydrogen) atoms. The lowest BCUT2D eigenvalue weighted by atomic mass is 10.00. The molecule has 0 aliphatic heterocycles. The molecule has 0 heterocycles. The zero-order valence-corrected chi connectivity index (χ0v) is 23.1. The van der Waals surface area contributed by atoms with E-state index < -0.39 is 23.8 Å². The summed E-state index contributed by atoms with van der Waals surface area (Å²) >= 11 is 6.08. The number of hydrogen-bond acceptors (Lipinski definition) is 6. The average Bonchev–Trinajstić information content (AvgIpc) is 2.89. The number of halogens is 1. The molecule has 0 aliphatic carbocycles. The van der Waals surface area contributed by atoms with Gasteiger partial charge in [-0.3, -0.25) is 0 Å². The minimum atomic E-state index is -0.913. The van der Waals surface area contributed by atoms with Crippen LogP contribution in [0.25, 0.3) is 11.1 Å². The minimum Gasteiger partial charge on any atom is -0.496 e. The Balaban J connectivity index is 1.74. The van der Waals surface area contributed by atoms with E-state index in [-0.39, 0.29) is 6.54 Å². The first-order valence-corrected chi connectivity index (χ1v) is 12.7. The third kappa shape index (κ3) is 7.97. The second kappa shape index (κ2) is 12.8. The molecule has 0 saturated carbocycles. The van der Waals surface area contributed by atoms with E-state index in [0.29, 0.717) is 34.9 Å². The number of ether oxygens (including phenoxy) is 3. The molecule has 0 spiro atoms. The van der Waals surface area contributed by atoms with Crippen LogP contribution in [-0.4, -0.2) is 55.0 Å². The van der Waals surface area contributed by atoms with Crippen LogP contribution in [0.3, 0.4) is 0 Å². The number of amides is 1. The minimum absolute atomic E-state index is 0.0665. The summed E-state index contributed by atoms with van der Waals surface area (Å²) in [5.41, 5.74) is 3.13. The maximum absolute atomic E-state index is 12.9. The van der Waals surface area contributed by atoms with Crippen molar-refractivity contribution in [3.63, 3.8) is 0 Å². The first-order chi connectivity index (χ1) is 18.0. The highest BCUT2D eigenvalue weighted by Gasteiger charge is 2.24. The number of nitrogens with zero attached hydrogens (tertiary/aromatic N) is 1. The molecule has 202 valence electrons. The van der Waals surface area contributed by atoms with Crippen molar-refractivity contribution in [2.75, 3.05) is 27.3 Å². The molecule has 3 aromatic carbocycles. The molecule has 0 unspecified atom stereocenters. The van der Waals surface area contributed by atoms with Crippen LogP contribution in [0.15, 0.2) is 66.7 Å². The van der Waals surface area contributed by atoms with Gasteiger partial charge in [-0.2, -0.15) is 0 Å². The molecule has 1 atom stereocenters. The Bertz CT molecular complexity index is 1250. The molecular weight excluding hydrogens is 506 g/mol. The van der Waals surface area contributed by atoms with Crippen LogP contribution in [0.1, 0.15) is 48.4 Å². The number of carbonyl (C=O) groups is 2. The third-order valence-corrected chi connectivity index (χ3v) is 6.07. The van der Waals surface area contributed by atoms with Gasteiger partial charge in [0.1, 0.15) is 11.4 Å². The number of rotatable bonds is 9. The molecule has 8 heteroatoms. The standard InChI is InChI=1S/C30H34ClNO6/c1-30(2,3)38-29(35)32(19-26(33)22-7-6-8-24(31)17-22)16-15-20-9-11-21(12-10-20)25-14-13-23(28(34)37-5)18-27(25)36-4/h6-14,17-18,26,33H,15-16,19H2,1-5H3/t26-/m0/s1. The lowest BCUT2D eigenvalue weighted by Gasteiger charge is -2.29. The number of aliphatic hydroxyl groups excluding tert-OH is 1. The summed E-state index contributed by atoms with van der Waals surface area (Å²) in [6.07, 6.45) is -0.852. The summed E-state index contributed by atoms with van der Waals surface area (Å²) in [5.74, 6) is 0.131. The predicted molar refractivity (Wildman–Crippen MR) is 148 cm³/mol. The van der Waals surface area contributed by atoms with Gasteiger partial charge in [-0.05, 0) is 74.2 Å². The predicted octanol–water partition coefficient (Wildman–Crippen LogP) is 6.32. The van der Waals surface area contributed by atoms with Gasteiger partial charge in [0, 0.05) is 17.1 Å². The largest absolute Gasteiger partial charge is 0.496 e. The van der Waals surface area contributed by atoms with Gasteiger partial charge in [-0.25, -0.2) is 9.59 Å². The Labute approximate surface area is 228 Å². The van der Waals surface area contributed by atoms with Crippen molar-refractivity contribution in [3.05, 3.63) is 88.4 Å². The molecule has 0 radical (unpaired) electrons. The average molecular weight is 540 g/mol. The summed E-state index contributed by atoms with van der Waals surface area (Å²) in [4.78, 5) is 26.3. The van der Waals surface area contributed by atoms with E-state index in [1.54, 1.807) is 64.3 Å². The Kier molecular flexibility index (Phi) is 9.78. The molecule has 0 saturated heterocycles. The fourth-order valence-corrected chi connectivity index (χ4v) is 4.10. The molecule has 1 N–H and O–H groups in total. The van der Waals surface area contributed by atoms with Gasteiger partial charge in [0.05, 0.1) is 32.4 Å². The van der Waals surface area contributed by atoms with Gasteiger partial charge >= 0.3 is 12.1 Å². The van der Waals surface area contributed by atoms with Crippen molar-refractivity contribution in [3.8, 4) is 16.9 Å². The Morgan fingerprint density at radius 1 is 1.00 bits per heavy atom. The SMILES string of the molecule is COC(=O)c1ccc(-c2ccc(CCN(C[C@H](O)c3cccc(Cl)c3)C(=O)OC(C)(C)C)cc2)c(OC)c1. The summed E-state index contributed by atoms with van der Waals surface area (Å²) in [7, 11) is 2.89. The molecule has 0 aliphatic rings. The van der Waals surface area contributed by atoms with Crippen LogP contribution in [0.2, 0.25) is 5.02 Å². The molecule has 3 rings (SSSR count). The van der Waals surface area contributed by atoms with Crippen molar-refractivity contribution < 1.29 is 28.9 Å². The molecular formula is C30H34ClNO6. The number of benzene rings is 3. The van der Waals surface area contributed by atoms with Crippen molar-refractivity contribution in [2.24, 2.45) is 0 Å². The number of esters is 1. The van der Waals surface area contributed by atoms with Crippen molar-refractivity contribution >= 4 is 23.7 Å². The second-order valence-corrected chi connectivity index (χ2v) is 10.3. The molecule has 1 amide bonds. The number of carbonyl (C=O) groups excluding carboxylic acids is 2. The normalized spacial score (nSPS) is 12.0. The Morgan fingerprint density at radius 3 is 2.32 bits per heavy atom. The summed E-state index contributed by atoms with van der Waals surface area (Å²) < 4.78 is 15.9. The number of methoxy groups -OCH3 is 2. The van der Waals surface area contributed by atoms with Gasteiger partial charge in [-0.1, -0.05) is 48.0 Å². The molecule has 0 aromatic heterocycles. The number of aliphatic hydroxyl groups is 1. The van der Waals surface area contributed by atoms with E-state index in [1.165, 1.54) is 12.0 Å². The van der Waals surface area contributed by atoms with Gasteiger partial charge < -0.3 is 24.2 Å². The Hall–Kier alpha value is -3.55. The molecule has 0 fully saturated rings. The van der Waals surface area contributed by atoms with Gasteiger partial charge in [0.15, 0.2) is 0 Å². The highest BCUT2D eigenvalue weighted by molar-refractivity contribution is 6.30. The van der Waals surface area contributed by atoms with E-state index >= 15 is 0 Å². The number of hydrogen-bond donors (Lipinski definition) is 1. The van der Waals surface area contributed by atoms with Crippen LogP contribution in [0.4, 0.5) is 4.79 Å². The van der Waals surface area contributed by atoms with Gasteiger partial charge in [0.2, 0.25) is 0 Å². The van der Waals surface area contributed by atoms with Crippen molar-refractivity contribution in [1.82, 2.24) is 4.90 Å². The topological polar surface area (TPSA) is 85.3 Å². The lowest BCUT2D eigenvalue weighted by Crippen LogP contribution is -2.40. The first kappa shape index (κ1) is 29.0. The highest BCUT2D eigenvalue weighted by Crippen LogP contribution is 2.31. The molecule has 3 aromatic rings. The van der Waals surface area contributed by atoms with Crippen molar-refractivity contribution in [2.45, 2.75) is 38.9 Å². The zero-order valence-electron chi connectivity index (χ0n) is 22.4. The maximum Gasteiger partial charge on any atom is 0.410 e. The van der Waals surface area contributed by atoms with Gasteiger partial charge in [0.25, 0.3) is 0 Å². The zero-order chi connectivity index (χ0) is 27.9. The van der Waals surface area contributed by atoms with E-state index in [2.05, 4.69) is 0 Å². The second-order valence-electron chi connectivity index (χ2n) is 9.85. The van der Waals surface area contributed by atoms with E-state index in [0.717, 1.165) is 16.7 Å². The summed E-state index contributed by atoms with van der Waals surface area (Å²) in [6, 6.07) is 20.0. The summed E-state index contributed by atoms with van der Waals surface area (Å²) in [6.45, 7) is 5.84. The lowest BCUT2D eigenvalue weighted by molar-refractivity contribution is 0.0147. The molecule has 0 bridgehead atoms. The quantitative estimate of drug-likeness (QED) is 0.320. The fraction of sp³-hybridized carbons (Fsp3) is 0.333. The van der Waals surface area contributed by atoms with Crippen LogP contribution in [-0.2, 0) is 15.9 Å². The van der Waals surface area contributed by atoms with Crippen molar-refractivity contribution in [1.29, 1.82) is 0 Å². The smallest absolute Gasteiger partial charge is 0.410 e. The monoisotopic (exact) mass is 539 g/mol. The van der Waals surface area contributed by atoms with Crippen LogP contribution in [0, 0.1) is 0 Å². The van der Waals surface area contributed by atoms with Gasteiger partial charge in [-0.15, -0.1) is 0 Å². The van der Waals surface area contributed by atoms with Crippen LogP contribution in [0.5, 0.6) is 5.75 Å². The molecule has 7 nitrogen and oxygen atoms in total. The van der Waals surface area contributed by atoms with E-state index in [4.69, 9.17) is 25.8 Å². The van der Waals surface area contributed by atoms with Crippen LogP contribution < -0.4 is 4.74 Å². The maximum atomic E-state index is 12.9. The van der Waals surface area contributed by atoms with Crippen LogP contribution >= 0.6 is 11.6 Å². The van der Waals surface area contributed by atoms with E-state index in [9.17, 15) is 14.7 Å².